The van der Waals surface area contributed by atoms with Crippen molar-refractivity contribution in [2.45, 2.75) is 6.42 Å². The summed E-state index contributed by atoms with van der Waals surface area (Å²) in [6, 6.07) is 18.3. The smallest absolute Gasteiger partial charge is 0.260 e. The van der Waals surface area contributed by atoms with E-state index in [0.29, 0.717) is 23.0 Å². The highest BCUT2D eigenvalue weighted by Crippen LogP contribution is 2.28. The van der Waals surface area contributed by atoms with Crippen LogP contribution in [0.25, 0.3) is 22.8 Å². The van der Waals surface area contributed by atoms with Gasteiger partial charge in [0, 0.05) is 5.56 Å². The van der Waals surface area contributed by atoms with Gasteiger partial charge in [0.05, 0.1) is 17.3 Å². The zero-order chi connectivity index (χ0) is 16.1. The number of hydrogen-bond acceptors (Lipinski definition) is 5. The van der Waals surface area contributed by atoms with Crippen LogP contribution < -0.4 is 5.32 Å². The van der Waals surface area contributed by atoms with E-state index in [1.165, 1.54) is 0 Å². The Morgan fingerprint density at radius 2 is 1.87 bits per heavy atom. The molecule has 1 N–H and O–H groups in total. The van der Waals surface area contributed by atoms with Crippen molar-refractivity contribution in [2.24, 2.45) is 0 Å². The second kappa shape index (κ2) is 6.54. The highest BCUT2D eigenvalue weighted by Gasteiger charge is 2.15. The fourth-order valence-corrected chi connectivity index (χ4v) is 2.08. The van der Waals surface area contributed by atoms with E-state index >= 15 is 0 Å². The highest BCUT2D eigenvalue weighted by molar-refractivity contribution is 5.95. The van der Waals surface area contributed by atoms with E-state index < -0.39 is 0 Å². The Bertz CT molecular complexity index is 866. The molecule has 3 rings (SSSR count). The lowest BCUT2D eigenvalue weighted by Gasteiger charge is -2.06. The van der Waals surface area contributed by atoms with Crippen LogP contribution in [0.3, 0.4) is 0 Å². The standard InChI is InChI=1S/C17H12N4O2/c18-11-10-15(22)19-14-9-5-4-8-13(14)17-20-16(21-23-17)12-6-2-1-3-7-12/h1-9H,10H2,(H,19,22). The Morgan fingerprint density at radius 3 is 2.65 bits per heavy atom. The minimum absolute atomic E-state index is 0.215. The Hall–Kier alpha value is -3.46. The third kappa shape index (κ3) is 3.24. The number of hydrogen-bond donors (Lipinski definition) is 1. The van der Waals surface area contributed by atoms with Crippen molar-refractivity contribution < 1.29 is 9.32 Å². The number of carbonyl (C=O) groups is 1. The van der Waals surface area contributed by atoms with Gasteiger partial charge in [0.1, 0.15) is 6.42 Å². The summed E-state index contributed by atoms with van der Waals surface area (Å²) in [5.74, 6) is 0.387. The van der Waals surface area contributed by atoms with Crippen LogP contribution in [0.1, 0.15) is 6.42 Å². The molecule has 112 valence electrons. The van der Waals surface area contributed by atoms with E-state index in [0.717, 1.165) is 5.56 Å². The number of rotatable bonds is 4. The van der Waals surface area contributed by atoms with E-state index in [1.54, 1.807) is 18.2 Å². The molecule has 0 fully saturated rings. The van der Waals surface area contributed by atoms with Gasteiger partial charge in [-0.25, -0.2) is 0 Å². The Balaban J connectivity index is 1.92. The van der Waals surface area contributed by atoms with Crippen LogP contribution >= 0.6 is 0 Å². The van der Waals surface area contributed by atoms with Crippen LogP contribution in [0.2, 0.25) is 0 Å². The van der Waals surface area contributed by atoms with Crippen LogP contribution in [0, 0.1) is 11.3 Å². The van der Waals surface area contributed by atoms with Gasteiger partial charge in [-0.1, -0.05) is 47.6 Å². The van der Waals surface area contributed by atoms with Gasteiger partial charge in [0.25, 0.3) is 5.89 Å². The summed E-state index contributed by atoms with van der Waals surface area (Å²) >= 11 is 0. The number of anilines is 1. The second-order valence-corrected chi connectivity index (χ2v) is 4.72. The number of nitrogens with one attached hydrogen (secondary N) is 1. The lowest BCUT2D eigenvalue weighted by atomic mass is 10.1. The molecule has 1 aromatic heterocycles. The summed E-state index contributed by atoms with van der Waals surface area (Å²) in [7, 11) is 0. The molecule has 3 aromatic rings. The van der Waals surface area contributed by atoms with Crippen molar-refractivity contribution in [3.8, 4) is 28.9 Å². The van der Waals surface area contributed by atoms with Gasteiger partial charge in [-0.2, -0.15) is 10.2 Å². The van der Waals surface area contributed by atoms with E-state index in [2.05, 4.69) is 15.5 Å². The molecule has 0 unspecified atom stereocenters. The molecular weight excluding hydrogens is 292 g/mol. The first-order valence-electron chi connectivity index (χ1n) is 6.93. The van der Waals surface area contributed by atoms with Gasteiger partial charge in [-0.3, -0.25) is 4.79 Å². The van der Waals surface area contributed by atoms with Crippen LogP contribution in [-0.2, 0) is 4.79 Å². The molecule has 0 atom stereocenters. The van der Waals surface area contributed by atoms with Crippen molar-refractivity contribution in [3.63, 3.8) is 0 Å². The van der Waals surface area contributed by atoms with E-state index in [9.17, 15) is 4.79 Å². The van der Waals surface area contributed by atoms with Crippen LogP contribution in [0.5, 0.6) is 0 Å². The van der Waals surface area contributed by atoms with Gasteiger partial charge in [0.15, 0.2) is 0 Å². The van der Waals surface area contributed by atoms with Crippen LogP contribution in [-0.4, -0.2) is 16.0 Å². The predicted octanol–water partition coefficient (Wildman–Crippen LogP) is 3.26. The van der Waals surface area contributed by atoms with Gasteiger partial charge in [-0.15, -0.1) is 0 Å². The zero-order valence-electron chi connectivity index (χ0n) is 12.1. The Kier molecular flexibility index (Phi) is 4.11. The fraction of sp³-hybridized carbons (Fsp3) is 0.0588. The van der Waals surface area contributed by atoms with E-state index in [4.69, 9.17) is 9.78 Å². The molecule has 2 aromatic carbocycles. The number of aromatic nitrogens is 2. The molecule has 6 nitrogen and oxygen atoms in total. The molecule has 0 radical (unpaired) electrons. The maximum atomic E-state index is 11.6. The monoisotopic (exact) mass is 304 g/mol. The van der Waals surface area contributed by atoms with Crippen molar-refractivity contribution in [3.05, 3.63) is 54.6 Å². The molecule has 1 amide bonds. The summed E-state index contributed by atoms with van der Waals surface area (Å²) in [6.07, 6.45) is -0.215. The van der Waals surface area contributed by atoms with Crippen LogP contribution in [0.15, 0.2) is 59.1 Å². The molecule has 23 heavy (non-hydrogen) atoms. The van der Waals surface area contributed by atoms with Gasteiger partial charge in [-0.05, 0) is 12.1 Å². The first kappa shape index (κ1) is 14.5. The van der Waals surface area contributed by atoms with Crippen molar-refractivity contribution in [1.82, 2.24) is 10.1 Å². The summed E-state index contributed by atoms with van der Waals surface area (Å²) < 4.78 is 5.31. The summed E-state index contributed by atoms with van der Waals surface area (Å²) in [5.41, 5.74) is 1.97. The van der Waals surface area contributed by atoms with Gasteiger partial charge < -0.3 is 9.84 Å². The summed E-state index contributed by atoms with van der Waals surface area (Å²) in [6.45, 7) is 0. The van der Waals surface area contributed by atoms with E-state index in [-0.39, 0.29) is 12.3 Å². The molecule has 0 aliphatic rings. The predicted molar refractivity (Wildman–Crippen MR) is 84.0 cm³/mol. The summed E-state index contributed by atoms with van der Waals surface area (Å²) in [5, 5.41) is 15.2. The van der Waals surface area contributed by atoms with Gasteiger partial charge >= 0.3 is 0 Å². The molecule has 1 heterocycles. The maximum Gasteiger partial charge on any atom is 0.260 e. The number of nitrogens with zero attached hydrogens (tertiary/aromatic N) is 3. The molecule has 0 saturated heterocycles. The molecular formula is C17H12N4O2. The third-order valence-electron chi connectivity index (χ3n) is 3.13. The number of nitriles is 1. The average molecular weight is 304 g/mol. The Morgan fingerprint density at radius 1 is 1.13 bits per heavy atom. The molecule has 0 saturated carbocycles. The molecule has 0 bridgehead atoms. The van der Waals surface area contributed by atoms with Crippen molar-refractivity contribution in [2.75, 3.05) is 5.32 Å². The second-order valence-electron chi connectivity index (χ2n) is 4.72. The molecule has 0 aliphatic carbocycles. The van der Waals surface area contributed by atoms with Crippen molar-refractivity contribution >= 4 is 11.6 Å². The lowest BCUT2D eigenvalue weighted by Crippen LogP contribution is -2.10. The molecule has 6 heteroatoms. The molecule has 0 aliphatic heterocycles. The SMILES string of the molecule is N#CCC(=O)Nc1ccccc1-c1nc(-c2ccccc2)no1. The maximum absolute atomic E-state index is 11.6. The zero-order valence-corrected chi connectivity index (χ0v) is 12.1. The quantitative estimate of drug-likeness (QED) is 0.798. The topological polar surface area (TPSA) is 91.8 Å². The lowest BCUT2D eigenvalue weighted by molar-refractivity contribution is -0.115. The molecule has 0 spiro atoms. The Labute approximate surface area is 132 Å². The first-order valence-corrected chi connectivity index (χ1v) is 6.93. The first-order chi connectivity index (χ1) is 11.3. The van der Waals surface area contributed by atoms with E-state index in [1.807, 2.05) is 42.5 Å². The largest absolute Gasteiger partial charge is 0.334 e. The average Bonchev–Trinajstić information content (AvgIpc) is 3.06. The minimum atomic E-state index is -0.386. The number of benzene rings is 2. The van der Waals surface area contributed by atoms with Crippen LogP contribution in [0.4, 0.5) is 5.69 Å². The minimum Gasteiger partial charge on any atom is -0.334 e. The fourth-order valence-electron chi connectivity index (χ4n) is 2.08. The summed E-state index contributed by atoms with van der Waals surface area (Å²) in [4.78, 5) is 16.0. The number of amides is 1. The normalized spacial score (nSPS) is 10.0. The highest BCUT2D eigenvalue weighted by atomic mass is 16.5. The number of carbonyl (C=O) groups excluding carboxylic acids is 1. The third-order valence-corrected chi connectivity index (χ3v) is 3.13. The van der Waals surface area contributed by atoms with Gasteiger partial charge in [0.2, 0.25) is 11.7 Å². The number of para-hydroxylation sites is 1. The van der Waals surface area contributed by atoms with Crippen molar-refractivity contribution in [1.29, 1.82) is 5.26 Å².